The van der Waals surface area contributed by atoms with Crippen molar-refractivity contribution in [2.24, 2.45) is 0 Å². The van der Waals surface area contributed by atoms with Gasteiger partial charge in [0.2, 0.25) is 0 Å². The maximum atomic E-state index is 5.22. The van der Waals surface area contributed by atoms with E-state index in [0.717, 1.165) is 0 Å². The molecule has 2 aliphatic heterocycles. The smallest absolute Gasteiger partial charge is 2.00 e. The van der Waals surface area contributed by atoms with Gasteiger partial charge in [0.05, 0.1) is 106 Å². The zero-order valence-electron chi connectivity index (χ0n) is 19.1. The van der Waals surface area contributed by atoms with Crippen molar-refractivity contribution in [1.82, 2.24) is 0 Å². The second kappa shape index (κ2) is 61.0. The Morgan fingerprint density at radius 1 is 0.286 bits per heavy atom. The molecule has 19 heteroatoms. The molecule has 0 spiro atoms. The minimum atomic E-state index is 0. The molecular weight excluding hydrogens is 1700 g/mol. The largest absolute Gasteiger partial charge is 2.00 e. The van der Waals surface area contributed by atoms with Crippen molar-refractivity contribution in [1.29, 1.82) is 0 Å². The summed E-state index contributed by atoms with van der Waals surface area (Å²) in [4.78, 5) is 0. The number of rotatable bonds is 0. The van der Waals surface area contributed by atoms with Crippen LogP contribution >= 0.6 is 149 Å². The molecule has 0 aliphatic carbocycles. The zero-order chi connectivity index (χ0) is 26.4. The molecule has 2 rings (SSSR count). The summed E-state index contributed by atoms with van der Waals surface area (Å²) in [6.45, 7) is 10.3. The van der Waals surface area contributed by atoms with Crippen LogP contribution in [0, 0.1) is 0 Å². The maximum absolute atomic E-state index is 5.22. The third kappa shape index (κ3) is 65.6. The van der Waals surface area contributed by atoms with E-state index in [1.165, 1.54) is 0 Å². The number of halogens is 10. The molecule has 0 saturated carbocycles. The summed E-state index contributed by atoms with van der Waals surface area (Å²) in [7, 11) is 0. The normalized spacial score (nSPS) is 18.1. The SMILES string of the molecule is C1COCCOCCOCCO1.C1COCCOCCOCCO1.II.II.I[I-]I.I[I-]I.[Cd+2]. The molecule has 2 saturated heterocycles. The third-order valence-corrected chi connectivity index (χ3v) is 2.98. The van der Waals surface area contributed by atoms with Crippen molar-refractivity contribution in [2.75, 3.05) is 106 Å². The first-order chi connectivity index (χ1) is 16.8. The second-order valence-corrected chi connectivity index (χ2v) is 37.5. The van der Waals surface area contributed by atoms with Crippen molar-refractivity contribution in [3.63, 3.8) is 0 Å². The minimum Gasteiger partial charge on any atom is 2.00 e. The molecule has 35 heavy (non-hydrogen) atoms. The van der Waals surface area contributed by atoms with E-state index in [1.54, 1.807) is 0 Å². The Balaban J connectivity index is -0.000000123. The minimum absolute atomic E-state index is 0. The first-order valence-electron chi connectivity index (χ1n) is 9.48. The van der Waals surface area contributed by atoms with E-state index in [9.17, 15) is 0 Å². The van der Waals surface area contributed by atoms with Gasteiger partial charge in [-0.15, -0.1) is 0 Å². The molecule has 0 bridgehead atoms. The Morgan fingerprint density at radius 3 is 0.400 bits per heavy atom. The Labute approximate surface area is 338 Å². The molecule has 0 radical (unpaired) electrons. The van der Waals surface area contributed by atoms with Crippen LogP contribution in [0.1, 0.15) is 0 Å². The Hall–Kier alpha value is 7.90. The van der Waals surface area contributed by atoms with Gasteiger partial charge in [-0.25, -0.2) is 0 Å². The first kappa shape index (κ1) is 52.4. The second-order valence-electron chi connectivity index (χ2n) is 5.01. The average molecular weight is 1730 g/mol. The fourth-order valence-electron chi connectivity index (χ4n) is 1.76. The van der Waals surface area contributed by atoms with Crippen molar-refractivity contribution < 1.29 is 91.7 Å². The van der Waals surface area contributed by atoms with Gasteiger partial charge in [-0.3, -0.25) is 0 Å². The molecule has 0 aromatic rings. The van der Waals surface area contributed by atoms with Crippen LogP contribution < -0.4 is 26.5 Å². The molecule has 0 aromatic heterocycles. The third-order valence-electron chi connectivity index (χ3n) is 2.98. The summed E-state index contributed by atoms with van der Waals surface area (Å²) in [5.74, 6) is 0. The van der Waals surface area contributed by atoms with E-state index in [2.05, 4.69) is 149 Å². The van der Waals surface area contributed by atoms with Crippen molar-refractivity contribution in [3.8, 4) is 0 Å². The van der Waals surface area contributed by atoms with Crippen LogP contribution in [0.25, 0.3) is 0 Å². The maximum Gasteiger partial charge on any atom is 2.00 e. The fourth-order valence-corrected chi connectivity index (χ4v) is 1.76. The molecular formula is C16H32CdI10O8. The van der Waals surface area contributed by atoms with Gasteiger partial charge in [-0.1, -0.05) is 0 Å². The van der Waals surface area contributed by atoms with E-state index in [0.29, 0.717) is 132 Å². The number of hydrogen-bond acceptors (Lipinski definition) is 8. The van der Waals surface area contributed by atoms with E-state index in [-0.39, 0.29) is 27.3 Å². The van der Waals surface area contributed by atoms with Gasteiger partial charge in [0.25, 0.3) is 0 Å². The Bertz CT molecular complexity index is 191. The molecule has 216 valence electrons. The molecule has 2 aliphatic rings. The van der Waals surface area contributed by atoms with Crippen molar-refractivity contribution >= 4 is 149 Å². The van der Waals surface area contributed by atoms with Gasteiger partial charge in [-0.2, -0.15) is 0 Å². The fraction of sp³-hybridized carbons (Fsp3) is 1.00. The zero-order valence-corrected chi connectivity index (χ0v) is 44.7. The summed E-state index contributed by atoms with van der Waals surface area (Å²) in [5.41, 5.74) is 0. The quantitative estimate of drug-likeness (QED) is 0.266. The summed E-state index contributed by atoms with van der Waals surface area (Å²) in [6, 6.07) is 0. The standard InChI is InChI=1S/2C8H16O4.Cd.2I3.2I2/c2*1-2-10-5-6-12-8-7-11-4-3-9-1;;2*1-3-2;2*1-2/h2*1-8H2;;;;;/q;;+2;2*-1;;. The van der Waals surface area contributed by atoms with E-state index in [4.69, 9.17) is 37.9 Å². The van der Waals surface area contributed by atoms with Crippen LogP contribution in [0.3, 0.4) is 0 Å². The predicted molar refractivity (Wildman–Crippen MR) is 199 cm³/mol. The first-order valence-corrected chi connectivity index (χ1v) is 47.2. The molecule has 0 atom stereocenters. The van der Waals surface area contributed by atoms with Crippen molar-refractivity contribution in [3.05, 3.63) is 0 Å². The monoisotopic (exact) mass is 1740 g/mol. The van der Waals surface area contributed by atoms with Crippen LogP contribution in [0.2, 0.25) is 0 Å². The molecule has 2 heterocycles. The molecule has 8 nitrogen and oxygen atoms in total. The van der Waals surface area contributed by atoms with Crippen LogP contribution in [-0.4, -0.2) is 106 Å². The van der Waals surface area contributed by atoms with Crippen LogP contribution in [0.4, 0.5) is 0 Å². The van der Waals surface area contributed by atoms with E-state index in [1.807, 2.05) is 0 Å². The van der Waals surface area contributed by atoms with Gasteiger partial charge >= 0.3 is 128 Å². The van der Waals surface area contributed by atoms with Crippen LogP contribution in [-0.2, 0) is 65.2 Å². The Kier molecular flexibility index (Phi) is 91.4. The number of hydrogen-bond donors (Lipinski definition) is 0. The summed E-state index contributed by atoms with van der Waals surface area (Å²) < 4.78 is 41.7. The average Bonchev–Trinajstić information content (AvgIpc) is 2.84. The van der Waals surface area contributed by atoms with Crippen LogP contribution in [0.15, 0.2) is 0 Å². The van der Waals surface area contributed by atoms with Gasteiger partial charge < -0.3 is 37.9 Å². The molecule has 0 amide bonds. The summed E-state index contributed by atoms with van der Waals surface area (Å²) in [5, 5.41) is 0. The van der Waals surface area contributed by atoms with E-state index < -0.39 is 0 Å². The number of ether oxygens (including phenoxy) is 8. The molecule has 0 unspecified atom stereocenters. The van der Waals surface area contributed by atoms with Crippen molar-refractivity contribution in [2.45, 2.75) is 0 Å². The van der Waals surface area contributed by atoms with Crippen LogP contribution in [0.5, 0.6) is 0 Å². The van der Waals surface area contributed by atoms with Gasteiger partial charge in [0.15, 0.2) is 0 Å². The summed E-state index contributed by atoms with van der Waals surface area (Å²) >= 11 is 19.1. The van der Waals surface area contributed by atoms with Gasteiger partial charge in [0.1, 0.15) is 0 Å². The predicted octanol–water partition coefficient (Wildman–Crippen LogP) is 1.22. The Morgan fingerprint density at radius 2 is 0.343 bits per heavy atom. The summed E-state index contributed by atoms with van der Waals surface area (Å²) in [6.07, 6.45) is 0. The molecule has 0 N–H and O–H groups in total. The topological polar surface area (TPSA) is 73.8 Å². The van der Waals surface area contributed by atoms with Gasteiger partial charge in [0, 0.05) is 74.5 Å². The van der Waals surface area contributed by atoms with Gasteiger partial charge in [-0.05, 0) is 0 Å². The van der Waals surface area contributed by atoms with E-state index >= 15 is 0 Å². The molecule has 0 aromatic carbocycles. The molecule has 2 fully saturated rings.